The molecule has 4 rings (SSSR count). The van der Waals surface area contributed by atoms with Gasteiger partial charge in [-0.1, -0.05) is 12.1 Å². The monoisotopic (exact) mass is 323 g/mol. The Hall–Kier alpha value is -2.11. The van der Waals surface area contributed by atoms with Gasteiger partial charge >= 0.3 is 0 Å². The molecule has 116 valence electrons. The third kappa shape index (κ3) is 2.78. The van der Waals surface area contributed by atoms with E-state index in [-0.39, 0.29) is 6.61 Å². The van der Waals surface area contributed by atoms with E-state index in [4.69, 9.17) is 5.11 Å². The van der Waals surface area contributed by atoms with Gasteiger partial charge in [-0.25, -0.2) is 9.97 Å². The first kappa shape index (κ1) is 14.5. The lowest BCUT2D eigenvalue weighted by Gasteiger charge is -2.11. The molecular weight excluding hydrogens is 306 g/mol. The Bertz CT molecular complexity index is 849. The second kappa shape index (κ2) is 6.18. The molecule has 2 N–H and O–H groups in total. The average molecular weight is 323 g/mol. The van der Waals surface area contributed by atoms with E-state index in [2.05, 4.69) is 27.4 Å². The summed E-state index contributed by atoms with van der Waals surface area (Å²) >= 11 is 1.90. The van der Waals surface area contributed by atoms with Gasteiger partial charge in [0, 0.05) is 28.3 Å². The molecule has 1 aromatic heterocycles. The van der Waals surface area contributed by atoms with Crippen LogP contribution in [0.3, 0.4) is 0 Å². The molecule has 23 heavy (non-hydrogen) atoms. The summed E-state index contributed by atoms with van der Waals surface area (Å²) in [6.07, 6.45) is 3.36. The standard InChI is InChI=1S/C18H17N3OS/c22-9-7-12-1-3-13(4-2-12)21-18-17-14-8-10-23-16(14)6-5-15(17)19-11-20-18/h1-6,11,22H,7-10H2,(H,19,20,21). The lowest BCUT2D eigenvalue weighted by molar-refractivity contribution is 0.299. The highest BCUT2D eigenvalue weighted by molar-refractivity contribution is 7.99. The van der Waals surface area contributed by atoms with Gasteiger partial charge in [0.05, 0.1) is 5.52 Å². The number of fused-ring (bicyclic) bond motifs is 3. The van der Waals surface area contributed by atoms with Crippen LogP contribution in [0.1, 0.15) is 11.1 Å². The smallest absolute Gasteiger partial charge is 0.142 e. The van der Waals surface area contributed by atoms with Crippen molar-refractivity contribution in [2.24, 2.45) is 0 Å². The van der Waals surface area contributed by atoms with Crippen molar-refractivity contribution in [2.75, 3.05) is 17.7 Å². The van der Waals surface area contributed by atoms with Gasteiger partial charge in [-0.15, -0.1) is 11.8 Å². The van der Waals surface area contributed by atoms with Crippen LogP contribution in [0.2, 0.25) is 0 Å². The fourth-order valence-corrected chi connectivity index (χ4v) is 4.03. The third-order valence-electron chi connectivity index (χ3n) is 4.10. The van der Waals surface area contributed by atoms with Gasteiger partial charge in [0.15, 0.2) is 0 Å². The van der Waals surface area contributed by atoms with Gasteiger partial charge in [-0.2, -0.15) is 0 Å². The van der Waals surface area contributed by atoms with Gasteiger partial charge in [0.25, 0.3) is 0 Å². The van der Waals surface area contributed by atoms with E-state index in [1.807, 2.05) is 36.0 Å². The number of benzene rings is 2. The van der Waals surface area contributed by atoms with Crippen molar-refractivity contribution < 1.29 is 5.11 Å². The highest BCUT2D eigenvalue weighted by Gasteiger charge is 2.18. The Morgan fingerprint density at radius 3 is 2.78 bits per heavy atom. The Kier molecular flexibility index (Phi) is 3.89. The van der Waals surface area contributed by atoms with E-state index in [1.165, 1.54) is 10.5 Å². The fraction of sp³-hybridized carbons (Fsp3) is 0.222. The number of nitrogens with zero attached hydrogens (tertiary/aromatic N) is 2. The minimum atomic E-state index is 0.174. The zero-order valence-corrected chi connectivity index (χ0v) is 13.4. The second-order valence-corrected chi connectivity index (χ2v) is 6.69. The summed E-state index contributed by atoms with van der Waals surface area (Å²) in [5.74, 6) is 1.99. The van der Waals surface area contributed by atoms with Crippen LogP contribution in [-0.2, 0) is 12.8 Å². The Morgan fingerprint density at radius 2 is 1.96 bits per heavy atom. The predicted octanol–water partition coefficient (Wildman–Crippen LogP) is 3.56. The molecule has 0 bridgehead atoms. The molecule has 2 aromatic carbocycles. The zero-order chi connectivity index (χ0) is 15.6. The highest BCUT2D eigenvalue weighted by atomic mass is 32.2. The molecule has 1 aliphatic heterocycles. The second-order valence-electron chi connectivity index (χ2n) is 5.55. The van der Waals surface area contributed by atoms with Gasteiger partial charge in [-0.05, 0) is 48.2 Å². The number of hydrogen-bond acceptors (Lipinski definition) is 5. The molecule has 0 fully saturated rings. The molecule has 0 spiro atoms. The fourth-order valence-electron chi connectivity index (χ4n) is 2.96. The molecule has 0 aliphatic carbocycles. The summed E-state index contributed by atoms with van der Waals surface area (Å²) < 4.78 is 0. The van der Waals surface area contributed by atoms with E-state index in [9.17, 15) is 0 Å². The Balaban J connectivity index is 1.73. The van der Waals surface area contributed by atoms with Crippen LogP contribution < -0.4 is 5.32 Å². The number of anilines is 2. The molecule has 2 heterocycles. The third-order valence-corrected chi connectivity index (χ3v) is 5.20. The van der Waals surface area contributed by atoms with Crippen LogP contribution in [0.25, 0.3) is 10.9 Å². The largest absolute Gasteiger partial charge is 0.396 e. The number of aromatic nitrogens is 2. The normalized spacial score (nSPS) is 13.3. The zero-order valence-electron chi connectivity index (χ0n) is 12.6. The number of aliphatic hydroxyl groups excluding tert-OH is 1. The maximum absolute atomic E-state index is 9.00. The molecular formula is C18H17N3OS. The number of rotatable bonds is 4. The van der Waals surface area contributed by atoms with Crippen LogP contribution in [0.5, 0.6) is 0 Å². The van der Waals surface area contributed by atoms with Crippen molar-refractivity contribution in [1.82, 2.24) is 9.97 Å². The molecule has 1 aliphatic rings. The van der Waals surface area contributed by atoms with Crippen LogP contribution in [0, 0.1) is 0 Å². The van der Waals surface area contributed by atoms with Gasteiger partial charge < -0.3 is 10.4 Å². The summed E-state index contributed by atoms with van der Waals surface area (Å²) in [4.78, 5) is 10.2. The number of nitrogens with one attached hydrogen (secondary N) is 1. The summed E-state index contributed by atoms with van der Waals surface area (Å²) in [5.41, 5.74) is 4.46. The first-order valence-corrected chi connectivity index (χ1v) is 8.70. The first-order valence-electron chi connectivity index (χ1n) is 7.71. The van der Waals surface area contributed by atoms with Gasteiger partial charge in [0.1, 0.15) is 12.1 Å². The van der Waals surface area contributed by atoms with E-state index in [0.717, 1.165) is 40.1 Å². The van der Waals surface area contributed by atoms with Crippen molar-refractivity contribution >= 4 is 34.2 Å². The number of aryl methyl sites for hydroxylation is 1. The van der Waals surface area contributed by atoms with Crippen LogP contribution in [0.4, 0.5) is 11.5 Å². The minimum absolute atomic E-state index is 0.174. The van der Waals surface area contributed by atoms with E-state index >= 15 is 0 Å². The van der Waals surface area contributed by atoms with Crippen molar-refractivity contribution in [1.29, 1.82) is 0 Å². The lowest BCUT2D eigenvalue weighted by atomic mass is 10.1. The van der Waals surface area contributed by atoms with Crippen molar-refractivity contribution in [2.45, 2.75) is 17.7 Å². The number of thioether (sulfide) groups is 1. The summed E-state index contributed by atoms with van der Waals surface area (Å²) in [7, 11) is 0. The van der Waals surface area contributed by atoms with Crippen molar-refractivity contribution in [3.8, 4) is 0 Å². The summed E-state index contributed by atoms with van der Waals surface area (Å²) in [5, 5.41) is 13.6. The van der Waals surface area contributed by atoms with Gasteiger partial charge in [0.2, 0.25) is 0 Å². The van der Waals surface area contributed by atoms with E-state index in [0.29, 0.717) is 6.42 Å². The molecule has 3 aromatic rings. The maximum atomic E-state index is 9.00. The summed E-state index contributed by atoms with van der Waals surface area (Å²) in [6.45, 7) is 0.174. The highest BCUT2D eigenvalue weighted by Crippen LogP contribution is 2.38. The molecule has 0 atom stereocenters. The van der Waals surface area contributed by atoms with Crippen molar-refractivity contribution in [3.63, 3.8) is 0 Å². The quantitative estimate of drug-likeness (QED) is 0.769. The molecule has 0 amide bonds. The van der Waals surface area contributed by atoms with Crippen molar-refractivity contribution in [3.05, 3.63) is 53.9 Å². The lowest BCUT2D eigenvalue weighted by Crippen LogP contribution is -1.99. The maximum Gasteiger partial charge on any atom is 0.142 e. The molecule has 0 unspecified atom stereocenters. The Labute approximate surface area is 139 Å². The van der Waals surface area contributed by atoms with Crippen LogP contribution >= 0.6 is 11.8 Å². The molecule has 5 heteroatoms. The molecule has 0 saturated heterocycles. The molecule has 4 nitrogen and oxygen atoms in total. The van der Waals surface area contributed by atoms with E-state index in [1.54, 1.807) is 6.33 Å². The molecule has 0 radical (unpaired) electrons. The first-order chi connectivity index (χ1) is 11.3. The minimum Gasteiger partial charge on any atom is -0.396 e. The van der Waals surface area contributed by atoms with Gasteiger partial charge in [-0.3, -0.25) is 0 Å². The summed E-state index contributed by atoms with van der Waals surface area (Å²) in [6, 6.07) is 12.3. The Morgan fingerprint density at radius 1 is 1.09 bits per heavy atom. The SMILES string of the molecule is OCCc1ccc(Nc2ncnc3ccc4c(c23)CCS4)cc1. The van der Waals surface area contributed by atoms with Crippen LogP contribution in [-0.4, -0.2) is 27.4 Å². The van der Waals surface area contributed by atoms with E-state index < -0.39 is 0 Å². The molecule has 0 saturated carbocycles. The average Bonchev–Trinajstić information content (AvgIpc) is 3.06. The topological polar surface area (TPSA) is 58.0 Å². The number of hydrogen-bond donors (Lipinski definition) is 2. The van der Waals surface area contributed by atoms with Crippen LogP contribution in [0.15, 0.2) is 47.6 Å². The predicted molar refractivity (Wildman–Crippen MR) is 94.5 cm³/mol. The number of aliphatic hydroxyl groups is 1.